The fourth-order valence-corrected chi connectivity index (χ4v) is 4.92. The maximum absolute atomic E-state index is 14.0. The van der Waals surface area contributed by atoms with Crippen molar-refractivity contribution in [1.82, 2.24) is 18.7 Å². The number of para-hydroxylation sites is 2. The first-order valence-electron chi connectivity index (χ1n) is 12.4. The van der Waals surface area contributed by atoms with Gasteiger partial charge in [0.15, 0.2) is 11.2 Å². The van der Waals surface area contributed by atoms with Gasteiger partial charge in [-0.15, -0.1) is 5.92 Å². The van der Waals surface area contributed by atoms with E-state index in [0.29, 0.717) is 35.1 Å². The fraction of sp³-hybridized carbons (Fsp3) is 0.321. The van der Waals surface area contributed by atoms with E-state index in [-0.39, 0.29) is 19.1 Å². The number of hydrogen-bond donors (Lipinski definition) is 1. The average molecular weight is 499 g/mol. The molecule has 0 saturated carbocycles. The van der Waals surface area contributed by atoms with E-state index in [1.54, 1.807) is 14.0 Å². The Bertz CT molecular complexity index is 1610. The first-order valence-corrected chi connectivity index (χ1v) is 12.4. The highest BCUT2D eigenvalue weighted by molar-refractivity contribution is 5.77. The van der Waals surface area contributed by atoms with Crippen LogP contribution in [0.1, 0.15) is 25.3 Å². The number of methoxy groups -OCH3 is 1. The van der Waals surface area contributed by atoms with E-state index in [0.717, 1.165) is 24.9 Å². The molecule has 0 aliphatic carbocycles. The minimum Gasteiger partial charge on any atom is -0.496 e. The van der Waals surface area contributed by atoms with Crippen LogP contribution in [0.5, 0.6) is 5.75 Å². The number of anilines is 1. The number of hydrogen-bond acceptors (Lipinski definition) is 6. The van der Waals surface area contributed by atoms with E-state index >= 15 is 0 Å². The monoisotopic (exact) mass is 498 g/mol. The summed E-state index contributed by atoms with van der Waals surface area (Å²) in [4.78, 5) is 35.0. The van der Waals surface area contributed by atoms with E-state index < -0.39 is 11.2 Å². The second-order valence-electron chi connectivity index (χ2n) is 9.10. The predicted octanol–water partition coefficient (Wildman–Crippen LogP) is 2.36. The first-order chi connectivity index (χ1) is 18.0. The van der Waals surface area contributed by atoms with Crippen molar-refractivity contribution in [2.24, 2.45) is 5.73 Å². The van der Waals surface area contributed by atoms with Crippen molar-refractivity contribution in [3.05, 3.63) is 81.0 Å². The quantitative estimate of drug-likeness (QED) is 0.410. The Hall–Kier alpha value is -4.29. The van der Waals surface area contributed by atoms with Crippen LogP contribution in [0.2, 0.25) is 0 Å². The molecule has 5 rings (SSSR count). The Balaban J connectivity index is 1.83. The van der Waals surface area contributed by atoms with E-state index in [1.165, 1.54) is 9.13 Å². The van der Waals surface area contributed by atoms with E-state index in [2.05, 4.69) is 16.7 Å². The molecule has 0 spiro atoms. The van der Waals surface area contributed by atoms with Gasteiger partial charge in [-0.25, -0.2) is 9.36 Å². The summed E-state index contributed by atoms with van der Waals surface area (Å²) in [5, 5.41) is 0. The molecule has 1 unspecified atom stereocenters. The highest BCUT2D eigenvalue weighted by atomic mass is 16.5. The summed E-state index contributed by atoms with van der Waals surface area (Å²) in [5.41, 5.74) is 7.38. The molecule has 0 bridgehead atoms. The Morgan fingerprint density at radius 3 is 2.57 bits per heavy atom. The average Bonchev–Trinajstić information content (AvgIpc) is 3.30. The first kappa shape index (κ1) is 24.4. The molecular formula is C28H30N6O3. The smallest absolute Gasteiger partial charge is 0.337 e. The number of ether oxygens (including phenoxy) is 1. The zero-order valence-corrected chi connectivity index (χ0v) is 21.1. The fourth-order valence-electron chi connectivity index (χ4n) is 4.92. The molecule has 4 aromatic rings. The normalized spacial score (nSPS) is 15.4. The molecule has 0 amide bonds. The summed E-state index contributed by atoms with van der Waals surface area (Å²) < 4.78 is 10.1. The van der Waals surface area contributed by atoms with Crippen molar-refractivity contribution < 1.29 is 4.74 Å². The van der Waals surface area contributed by atoms with Crippen LogP contribution in [0.3, 0.4) is 0 Å². The third kappa shape index (κ3) is 4.52. The van der Waals surface area contributed by atoms with Crippen LogP contribution < -0.4 is 26.6 Å². The van der Waals surface area contributed by atoms with E-state index in [1.807, 2.05) is 59.2 Å². The van der Waals surface area contributed by atoms with E-state index in [9.17, 15) is 9.59 Å². The molecule has 9 heteroatoms. The number of imidazole rings is 1. The van der Waals surface area contributed by atoms with Gasteiger partial charge in [0.05, 0.1) is 25.9 Å². The zero-order chi connectivity index (χ0) is 25.9. The molecule has 0 radical (unpaired) electrons. The van der Waals surface area contributed by atoms with Gasteiger partial charge >= 0.3 is 5.69 Å². The lowest BCUT2D eigenvalue weighted by Gasteiger charge is -2.31. The summed E-state index contributed by atoms with van der Waals surface area (Å²) in [6.45, 7) is 3.47. The standard InChI is InChI=1S/C28H30N6O3/c1-3-4-17-32-24-25(30-27(32)31-16-10-12-21(29)19-31)34(22-13-6-5-7-14-22)28(36)33(26(24)35)18-20-11-8-9-15-23(20)37-2/h5-9,11,13-15,21H,10,12,16-19,29H2,1-2H3. The number of nitrogens with zero attached hydrogens (tertiary/aromatic N) is 5. The molecule has 1 aliphatic heterocycles. The number of fused-ring (bicyclic) bond motifs is 1. The second-order valence-corrected chi connectivity index (χ2v) is 9.10. The maximum Gasteiger partial charge on any atom is 0.337 e. The van der Waals surface area contributed by atoms with Gasteiger partial charge in [-0.05, 0) is 38.0 Å². The van der Waals surface area contributed by atoms with Crippen LogP contribution in [0.4, 0.5) is 5.95 Å². The van der Waals surface area contributed by atoms with Crippen molar-refractivity contribution in [2.45, 2.75) is 38.9 Å². The summed E-state index contributed by atoms with van der Waals surface area (Å²) in [7, 11) is 1.57. The Labute approximate surface area is 214 Å². The van der Waals surface area contributed by atoms with Gasteiger partial charge in [0, 0.05) is 24.7 Å². The second kappa shape index (κ2) is 10.4. The highest BCUT2D eigenvalue weighted by Crippen LogP contribution is 2.25. The van der Waals surface area contributed by atoms with Gasteiger partial charge in [0.2, 0.25) is 5.95 Å². The predicted molar refractivity (Wildman–Crippen MR) is 145 cm³/mol. The zero-order valence-electron chi connectivity index (χ0n) is 21.1. The number of nitrogens with two attached hydrogens (primary N) is 1. The van der Waals surface area contributed by atoms with Gasteiger partial charge in [-0.1, -0.05) is 42.3 Å². The molecule has 2 aromatic heterocycles. The van der Waals surface area contributed by atoms with Crippen molar-refractivity contribution >= 4 is 17.1 Å². The number of aromatic nitrogens is 4. The minimum atomic E-state index is -0.470. The molecular weight excluding hydrogens is 468 g/mol. The van der Waals surface area contributed by atoms with Gasteiger partial charge in [-0.3, -0.25) is 13.9 Å². The van der Waals surface area contributed by atoms with Gasteiger partial charge in [0.25, 0.3) is 5.56 Å². The molecule has 190 valence electrons. The molecule has 3 heterocycles. The SMILES string of the molecule is CC#CCn1c(N2CCCC(N)C2)nc2c1c(=O)n(Cc1ccccc1OC)c(=O)n2-c1ccccc1. The third-order valence-corrected chi connectivity index (χ3v) is 6.70. The number of benzene rings is 2. The Morgan fingerprint density at radius 1 is 1.08 bits per heavy atom. The number of rotatable bonds is 6. The molecule has 1 saturated heterocycles. The molecule has 1 fully saturated rings. The van der Waals surface area contributed by atoms with Crippen LogP contribution in [0.15, 0.2) is 64.2 Å². The topological polar surface area (TPSA) is 100 Å². The largest absolute Gasteiger partial charge is 0.496 e. The van der Waals surface area contributed by atoms with Crippen molar-refractivity contribution in [3.63, 3.8) is 0 Å². The lowest BCUT2D eigenvalue weighted by Crippen LogP contribution is -2.44. The molecule has 1 atom stereocenters. The Morgan fingerprint density at radius 2 is 1.84 bits per heavy atom. The number of piperidine rings is 1. The van der Waals surface area contributed by atoms with Gasteiger partial charge in [0.1, 0.15) is 5.75 Å². The van der Waals surface area contributed by atoms with Crippen LogP contribution in [-0.4, -0.2) is 44.9 Å². The molecule has 2 N–H and O–H groups in total. The van der Waals surface area contributed by atoms with Gasteiger partial charge < -0.3 is 15.4 Å². The summed E-state index contributed by atoms with van der Waals surface area (Å²) in [6.07, 6.45) is 1.86. The summed E-state index contributed by atoms with van der Waals surface area (Å²) >= 11 is 0. The lowest BCUT2D eigenvalue weighted by atomic mass is 10.1. The van der Waals surface area contributed by atoms with Crippen LogP contribution in [-0.2, 0) is 13.1 Å². The minimum absolute atomic E-state index is 0.0118. The summed E-state index contributed by atoms with van der Waals surface area (Å²) in [5.74, 6) is 7.21. The van der Waals surface area contributed by atoms with Crippen molar-refractivity contribution in [1.29, 1.82) is 0 Å². The van der Waals surface area contributed by atoms with Gasteiger partial charge in [-0.2, -0.15) is 4.98 Å². The van der Waals surface area contributed by atoms with Crippen molar-refractivity contribution in [3.8, 4) is 23.3 Å². The van der Waals surface area contributed by atoms with Crippen LogP contribution >= 0.6 is 0 Å². The maximum atomic E-state index is 14.0. The molecule has 1 aliphatic rings. The highest BCUT2D eigenvalue weighted by Gasteiger charge is 2.27. The van der Waals surface area contributed by atoms with E-state index in [4.69, 9.17) is 15.5 Å². The van der Waals surface area contributed by atoms with Crippen molar-refractivity contribution in [2.75, 3.05) is 25.1 Å². The third-order valence-electron chi connectivity index (χ3n) is 6.70. The molecule has 9 nitrogen and oxygen atoms in total. The van der Waals surface area contributed by atoms with Crippen LogP contribution in [0, 0.1) is 11.8 Å². The lowest BCUT2D eigenvalue weighted by molar-refractivity contribution is 0.407. The Kier molecular flexibility index (Phi) is 6.84. The molecule has 2 aromatic carbocycles. The molecule has 37 heavy (non-hydrogen) atoms. The summed E-state index contributed by atoms with van der Waals surface area (Å²) in [6, 6.07) is 16.6. The van der Waals surface area contributed by atoms with Crippen LogP contribution in [0.25, 0.3) is 16.9 Å².